The standard InChI is InChI=1S/C12H9BFNO/c14-11-3-4-12-9(6-11)8-16-13(12)10-2-1-5-15-7-10/h1-7H,8H2. The van der Waals surface area contributed by atoms with Crippen LogP contribution < -0.4 is 10.9 Å². The Hall–Kier alpha value is -1.68. The number of halogens is 1. The van der Waals surface area contributed by atoms with E-state index in [1.54, 1.807) is 18.5 Å². The maximum atomic E-state index is 13.0. The Labute approximate surface area is 93.2 Å². The van der Waals surface area contributed by atoms with E-state index >= 15 is 0 Å². The van der Waals surface area contributed by atoms with Crippen LogP contribution in [0, 0.1) is 5.82 Å². The van der Waals surface area contributed by atoms with Gasteiger partial charge in [0.2, 0.25) is 0 Å². The molecule has 0 radical (unpaired) electrons. The SMILES string of the molecule is Fc1ccc2c(c1)COB2c1cccnc1. The zero-order valence-electron chi connectivity index (χ0n) is 8.56. The van der Waals surface area contributed by atoms with E-state index in [9.17, 15) is 4.39 Å². The van der Waals surface area contributed by atoms with Gasteiger partial charge in [-0.05, 0) is 34.7 Å². The van der Waals surface area contributed by atoms with Crippen molar-refractivity contribution in [2.24, 2.45) is 0 Å². The largest absolute Gasteiger partial charge is 0.423 e. The molecule has 2 nitrogen and oxygen atoms in total. The number of rotatable bonds is 1. The number of benzene rings is 1. The average molecular weight is 213 g/mol. The van der Waals surface area contributed by atoms with Crippen LogP contribution in [-0.4, -0.2) is 11.9 Å². The molecule has 1 aromatic carbocycles. The summed E-state index contributed by atoms with van der Waals surface area (Å²) in [4.78, 5) is 4.07. The summed E-state index contributed by atoms with van der Waals surface area (Å²) < 4.78 is 18.7. The van der Waals surface area contributed by atoms with Crippen LogP contribution in [0.2, 0.25) is 0 Å². The van der Waals surface area contributed by atoms with Gasteiger partial charge in [0.15, 0.2) is 0 Å². The highest BCUT2D eigenvalue weighted by Crippen LogP contribution is 2.12. The summed E-state index contributed by atoms with van der Waals surface area (Å²) in [7, 11) is 0. The maximum Gasteiger partial charge on any atom is 0.363 e. The molecule has 0 spiro atoms. The molecule has 0 saturated carbocycles. The molecule has 0 fully saturated rings. The third-order valence-electron chi connectivity index (χ3n) is 2.78. The van der Waals surface area contributed by atoms with E-state index in [1.165, 1.54) is 12.1 Å². The number of aromatic nitrogens is 1. The minimum atomic E-state index is -0.214. The molecule has 4 heteroatoms. The number of nitrogens with zero attached hydrogens (tertiary/aromatic N) is 1. The first-order valence-corrected chi connectivity index (χ1v) is 5.14. The molecule has 0 saturated heterocycles. The zero-order chi connectivity index (χ0) is 11.0. The van der Waals surface area contributed by atoms with Crippen LogP contribution in [-0.2, 0) is 11.3 Å². The number of hydrogen-bond donors (Lipinski definition) is 0. The van der Waals surface area contributed by atoms with E-state index in [1.807, 2.05) is 12.1 Å². The molecule has 2 aromatic rings. The molecule has 0 bridgehead atoms. The number of fused-ring (bicyclic) bond motifs is 1. The van der Waals surface area contributed by atoms with Crippen LogP contribution in [0.15, 0.2) is 42.7 Å². The van der Waals surface area contributed by atoms with Gasteiger partial charge in [0.05, 0.1) is 6.61 Å². The zero-order valence-corrected chi connectivity index (χ0v) is 8.56. The third-order valence-corrected chi connectivity index (χ3v) is 2.78. The van der Waals surface area contributed by atoms with Crippen molar-refractivity contribution in [1.82, 2.24) is 4.98 Å². The minimum Gasteiger partial charge on any atom is -0.423 e. The summed E-state index contributed by atoms with van der Waals surface area (Å²) in [5.74, 6) is -0.214. The Balaban J connectivity index is 2.04. The molecule has 3 rings (SSSR count). The van der Waals surface area contributed by atoms with Crippen molar-refractivity contribution in [2.75, 3.05) is 0 Å². The summed E-state index contributed by atoms with van der Waals surface area (Å²) in [5, 5.41) is 0. The van der Waals surface area contributed by atoms with E-state index < -0.39 is 0 Å². The smallest absolute Gasteiger partial charge is 0.363 e. The first-order chi connectivity index (χ1) is 7.84. The Kier molecular flexibility index (Phi) is 2.22. The Bertz CT molecular complexity index is 518. The fraction of sp³-hybridized carbons (Fsp3) is 0.0833. The second-order valence-corrected chi connectivity index (χ2v) is 3.82. The van der Waals surface area contributed by atoms with E-state index in [0.29, 0.717) is 6.61 Å². The quantitative estimate of drug-likeness (QED) is 0.655. The van der Waals surface area contributed by atoms with Crippen molar-refractivity contribution in [1.29, 1.82) is 0 Å². The van der Waals surface area contributed by atoms with Crippen LogP contribution in [0.5, 0.6) is 0 Å². The predicted octanol–water partition coefficient (Wildman–Crippen LogP) is 0.857. The molecule has 1 aliphatic heterocycles. The molecule has 1 aliphatic rings. The van der Waals surface area contributed by atoms with Crippen LogP contribution >= 0.6 is 0 Å². The van der Waals surface area contributed by atoms with E-state index in [-0.39, 0.29) is 12.7 Å². The molecule has 0 unspecified atom stereocenters. The summed E-state index contributed by atoms with van der Waals surface area (Å²) in [6.45, 7) is 0.358. The maximum absolute atomic E-state index is 13.0. The van der Waals surface area contributed by atoms with Crippen LogP contribution in [0.3, 0.4) is 0 Å². The monoisotopic (exact) mass is 213 g/mol. The van der Waals surface area contributed by atoms with Gasteiger partial charge in [-0.3, -0.25) is 4.98 Å². The van der Waals surface area contributed by atoms with Gasteiger partial charge >= 0.3 is 6.92 Å². The summed E-state index contributed by atoms with van der Waals surface area (Å²) in [6.07, 6.45) is 3.51. The lowest BCUT2D eigenvalue weighted by atomic mass is 9.56. The lowest BCUT2D eigenvalue weighted by Crippen LogP contribution is -2.41. The predicted molar refractivity (Wildman–Crippen MR) is 60.4 cm³/mol. The van der Waals surface area contributed by atoms with Crippen LogP contribution in [0.1, 0.15) is 5.56 Å². The van der Waals surface area contributed by atoms with Gasteiger partial charge in [-0.25, -0.2) is 4.39 Å². The second kappa shape index (κ2) is 3.72. The van der Waals surface area contributed by atoms with Gasteiger partial charge in [0.25, 0.3) is 0 Å². The van der Waals surface area contributed by atoms with Gasteiger partial charge < -0.3 is 4.65 Å². The van der Waals surface area contributed by atoms with Gasteiger partial charge in [0.1, 0.15) is 5.82 Å². The average Bonchev–Trinajstić information content (AvgIpc) is 2.73. The molecule has 16 heavy (non-hydrogen) atoms. The molecule has 78 valence electrons. The Morgan fingerprint density at radius 3 is 3.06 bits per heavy atom. The normalized spacial score (nSPS) is 13.9. The van der Waals surface area contributed by atoms with Gasteiger partial charge in [-0.1, -0.05) is 12.1 Å². The molecule has 0 atom stereocenters. The highest BCUT2D eigenvalue weighted by Gasteiger charge is 2.30. The lowest BCUT2D eigenvalue weighted by Gasteiger charge is -2.05. The van der Waals surface area contributed by atoms with Crippen molar-refractivity contribution in [3.05, 3.63) is 54.1 Å². The summed E-state index contributed by atoms with van der Waals surface area (Å²) in [6, 6.07) is 8.63. The molecule has 2 heterocycles. The number of hydrogen-bond acceptors (Lipinski definition) is 2. The third kappa shape index (κ3) is 1.51. The summed E-state index contributed by atoms with van der Waals surface area (Å²) >= 11 is 0. The molecule has 0 aliphatic carbocycles. The molecule has 1 aromatic heterocycles. The van der Waals surface area contributed by atoms with Gasteiger partial charge in [-0.2, -0.15) is 0 Å². The number of pyridine rings is 1. The van der Waals surface area contributed by atoms with Crippen molar-refractivity contribution in [3.63, 3.8) is 0 Å². The second-order valence-electron chi connectivity index (χ2n) is 3.82. The molecular formula is C12H9BFNO. The van der Waals surface area contributed by atoms with E-state index in [2.05, 4.69) is 4.98 Å². The first kappa shape index (κ1) is 9.54. The highest BCUT2D eigenvalue weighted by molar-refractivity contribution is 6.81. The van der Waals surface area contributed by atoms with E-state index in [0.717, 1.165) is 16.5 Å². The fourth-order valence-corrected chi connectivity index (χ4v) is 2.02. The van der Waals surface area contributed by atoms with Crippen LogP contribution in [0.4, 0.5) is 4.39 Å². The first-order valence-electron chi connectivity index (χ1n) is 5.14. The Morgan fingerprint density at radius 2 is 2.25 bits per heavy atom. The van der Waals surface area contributed by atoms with Crippen molar-refractivity contribution in [2.45, 2.75) is 6.61 Å². The lowest BCUT2D eigenvalue weighted by molar-refractivity contribution is 0.336. The molecule has 0 amide bonds. The minimum absolute atomic E-state index is 0.107. The Morgan fingerprint density at radius 1 is 1.31 bits per heavy atom. The summed E-state index contributed by atoms with van der Waals surface area (Å²) in [5.41, 5.74) is 2.97. The van der Waals surface area contributed by atoms with E-state index in [4.69, 9.17) is 4.65 Å². The van der Waals surface area contributed by atoms with Crippen molar-refractivity contribution in [3.8, 4) is 0 Å². The molecule has 0 N–H and O–H groups in total. The van der Waals surface area contributed by atoms with Gasteiger partial charge in [-0.15, -0.1) is 0 Å². The van der Waals surface area contributed by atoms with Crippen LogP contribution in [0.25, 0.3) is 0 Å². The highest BCUT2D eigenvalue weighted by atomic mass is 19.1. The van der Waals surface area contributed by atoms with Crippen molar-refractivity contribution < 1.29 is 9.04 Å². The van der Waals surface area contributed by atoms with Gasteiger partial charge in [0, 0.05) is 12.4 Å². The topological polar surface area (TPSA) is 22.1 Å². The van der Waals surface area contributed by atoms with Crippen molar-refractivity contribution >= 4 is 17.8 Å². The fourth-order valence-electron chi connectivity index (χ4n) is 2.02. The molecular weight excluding hydrogens is 204 g/mol.